The van der Waals surface area contributed by atoms with E-state index in [0.717, 1.165) is 50.3 Å². The summed E-state index contributed by atoms with van der Waals surface area (Å²) in [4.78, 5) is 17.1. The van der Waals surface area contributed by atoms with E-state index in [2.05, 4.69) is 15.2 Å². The van der Waals surface area contributed by atoms with Crippen LogP contribution in [0.25, 0.3) is 0 Å². The molecule has 1 atom stereocenters. The molecule has 1 aliphatic carbocycles. The number of nitrogens with one attached hydrogen (secondary N) is 2. The standard InChI is InChI=1S/C13H20N4O/c14-10-2-1-5-17(8-10)12-6-11(7-15-12)16-13(18)9-3-4-9/h6-7,9-10,15H,1-5,8,14H2,(H,16,18)/t10-/m1/s1. The number of rotatable bonds is 3. The Morgan fingerprint density at radius 3 is 3.00 bits per heavy atom. The number of hydrogen-bond acceptors (Lipinski definition) is 3. The Morgan fingerprint density at radius 2 is 2.28 bits per heavy atom. The highest BCUT2D eigenvalue weighted by atomic mass is 16.2. The molecule has 2 heterocycles. The Kier molecular flexibility index (Phi) is 2.99. The molecule has 1 amide bonds. The van der Waals surface area contributed by atoms with Crippen LogP contribution in [-0.4, -0.2) is 30.0 Å². The highest BCUT2D eigenvalue weighted by Crippen LogP contribution is 2.30. The molecule has 98 valence electrons. The summed E-state index contributed by atoms with van der Waals surface area (Å²) in [6, 6.07) is 2.25. The van der Waals surface area contributed by atoms with Crippen molar-refractivity contribution in [3.05, 3.63) is 12.3 Å². The third kappa shape index (κ3) is 2.51. The number of piperidine rings is 1. The molecule has 3 rings (SSSR count). The van der Waals surface area contributed by atoms with E-state index in [9.17, 15) is 4.79 Å². The van der Waals surface area contributed by atoms with Crippen molar-refractivity contribution in [2.45, 2.75) is 31.7 Å². The third-order valence-corrected chi connectivity index (χ3v) is 3.68. The van der Waals surface area contributed by atoms with Crippen molar-refractivity contribution >= 4 is 17.4 Å². The van der Waals surface area contributed by atoms with E-state index in [1.54, 1.807) is 0 Å². The minimum absolute atomic E-state index is 0.149. The van der Waals surface area contributed by atoms with Gasteiger partial charge in [0.05, 0.1) is 5.69 Å². The number of nitrogens with two attached hydrogens (primary N) is 1. The van der Waals surface area contributed by atoms with Crippen molar-refractivity contribution in [2.24, 2.45) is 11.7 Å². The van der Waals surface area contributed by atoms with Gasteiger partial charge >= 0.3 is 0 Å². The van der Waals surface area contributed by atoms with Gasteiger partial charge in [-0.3, -0.25) is 4.79 Å². The van der Waals surface area contributed by atoms with Crippen molar-refractivity contribution in [3.8, 4) is 0 Å². The first-order valence-electron chi connectivity index (χ1n) is 6.72. The first kappa shape index (κ1) is 11.6. The van der Waals surface area contributed by atoms with E-state index in [1.807, 2.05) is 12.3 Å². The van der Waals surface area contributed by atoms with E-state index >= 15 is 0 Å². The highest BCUT2D eigenvalue weighted by Gasteiger charge is 2.29. The van der Waals surface area contributed by atoms with Crippen molar-refractivity contribution in [3.63, 3.8) is 0 Å². The summed E-state index contributed by atoms with van der Waals surface area (Å²) < 4.78 is 0. The van der Waals surface area contributed by atoms with E-state index in [0.29, 0.717) is 0 Å². The topological polar surface area (TPSA) is 74.2 Å². The number of hydrogen-bond donors (Lipinski definition) is 3. The number of amides is 1. The highest BCUT2D eigenvalue weighted by molar-refractivity contribution is 5.94. The summed E-state index contributed by atoms with van der Waals surface area (Å²) in [6.45, 7) is 1.92. The second-order valence-electron chi connectivity index (χ2n) is 5.39. The summed E-state index contributed by atoms with van der Waals surface area (Å²) in [5, 5.41) is 2.95. The van der Waals surface area contributed by atoms with Gasteiger partial charge < -0.3 is 20.9 Å². The van der Waals surface area contributed by atoms with Crippen LogP contribution in [0.2, 0.25) is 0 Å². The summed E-state index contributed by atoms with van der Waals surface area (Å²) in [6.07, 6.45) is 6.15. The quantitative estimate of drug-likeness (QED) is 0.754. The van der Waals surface area contributed by atoms with Gasteiger partial charge in [0.2, 0.25) is 5.91 Å². The number of carbonyl (C=O) groups is 1. The molecule has 5 heteroatoms. The predicted molar refractivity (Wildman–Crippen MR) is 71.6 cm³/mol. The van der Waals surface area contributed by atoms with Gasteiger partial charge in [0, 0.05) is 37.3 Å². The second-order valence-corrected chi connectivity index (χ2v) is 5.39. The normalized spacial score (nSPS) is 24.1. The van der Waals surface area contributed by atoms with Gasteiger partial charge in [0.15, 0.2) is 0 Å². The molecule has 2 fully saturated rings. The lowest BCUT2D eigenvalue weighted by Gasteiger charge is -2.31. The summed E-state index contributed by atoms with van der Waals surface area (Å²) >= 11 is 0. The molecule has 1 aromatic heterocycles. The molecule has 0 bridgehead atoms. The number of H-pyrrole nitrogens is 1. The lowest BCUT2D eigenvalue weighted by atomic mass is 10.1. The zero-order chi connectivity index (χ0) is 12.5. The number of carbonyl (C=O) groups excluding carboxylic acids is 1. The molecule has 4 N–H and O–H groups in total. The Hall–Kier alpha value is -1.49. The van der Waals surface area contributed by atoms with Gasteiger partial charge in [0.1, 0.15) is 5.82 Å². The van der Waals surface area contributed by atoms with Crippen LogP contribution in [0.15, 0.2) is 12.3 Å². The molecule has 1 saturated heterocycles. The molecule has 0 aromatic carbocycles. The minimum atomic E-state index is 0.149. The van der Waals surface area contributed by atoms with Crippen LogP contribution in [0, 0.1) is 5.92 Å². The lowest BCUT2D eigenvalue weighted by Crippen LogP contribution is -2.42. The fourth-order valence-electron chi connectivity index (χ4n) is 2.46. The van der Waals surface area contributed by atoms with Crippen molar-refractivity contribution in [2.75, 3.05) is 23.3 Å². The van der Waals surface area contributed by atoms with Crippen molar-refractivity contribution < 1.29 is 4.79 Å². The third-order valence-electron chi connectivity index (χ3n) is 3.68. The van der Waals surface area contributed by atoms with Gasteiger partial charge in [-0.25, -0.2) is 0 Å². The summed E-state index contributed by atoms with van der Waals surface area (Å²) in [5.41, 5.74) is 6.83. The molecule has 5 nitrogen and oxygen atoms in total. The maximum atomic E-state index is 11.7. The fraction of sp³-hybridized carbons (Fsp3) is 0.615. The van der Waals surface area contributed by atoms with Crippen LogP contribution in [0.5, 0.6) is 0 Å². The summed E-state index contributed by atoms with van der Waals surface area (Å²) in [7, 11) is 0. The number of aromatic nitrogens is 1. The van der Waals surface area contributed by atoms with E-state index < -0.39 is 0 Å². The monoisotopic (exact) mass is 248 g/mol. The van der Waals surface area contributed by atoms with Gasteiger partial charge in [-0.05, 0) is 25.7 Å². The van der Waals surface area contributed by atoms with E-state index in [-0.39, 0.29) is 17.9 Å². The van der Waals surface area contributed by atoms with E-state index in [4.69, 9.17) is 5.73 Å². The molecular weight excluding hydrogens is 228 g/mol. The molecule has 1 aromatic rings. The first-order valence-corrected chi connectivity index (χ1v) is 6.72. The smallest absolute Gasteiger partial charge is 0.227 e. The van der Waals surface area contributed by atoms with E-state index in [1.165, 1.54) is 0 Å². The first-order chi connectivity index (χ1) is 8.72. The Labute approximate surface area is 107 Å². The Bertz CT molecular complexity index is 438. The average molecular weight is 248 g/mol. The zero-order valence-corrected chi connectivity index (χ0v) is 10.5. The zero-order valence-electron chi connectivity index (χ0n) is 10.5. The number of nitrogens with zero attached hydrogens (tertiary/aromatic N) is 1. The number of aromatic amines is 1. The van der Waals surface area contributed by atoms with Crippen molar-refractivity contribution in [1.82, 2.24) is 4.98 Å². The van der Waals surface area contributed by atoms with Crippen LogP contribution in [0.1, 0.15) is 25.7 Å². The molecule has 0 radical (unpaired) electrons. The van der Waals surface area contributed by atoms with Gasteiger partial charge in [-0.2, -0.15) is 0 Å². The molecule has 1 saturated carbocycles. The lowest BCUT2D eigenvalue weighted by molar-refractivity contribution is -0.117. The second kappa shape index (κ2) is 4.65. The van der Waals surface area contributed by atoms with Crippen molar-refractivity contribution in [1.29, 1.82) is 0 Å². The van der Waals surface area contributed by atoms with Gasteiger partial charge in [-0.15, -0.1) is 0 Å². The van der Waals surface area contributed by atoms with Crippen LogP contribution >= 0.6 is 0 Å². The minimum Gasteiger partial charge on any atom is -0.357 e. The Morgan fingerprint density at radius 1 is 1.44 bits per heavy atom. The molecule has 2 aliphatic rings. The number of anilines is 2. The Balaban J connectivity index is 1.63. The molecule has 0 spiro atoms. The predicted octanol–water partition coefficient (Wildman–Crippen LogP) is 1.29. The fourth-order valence-corrected chi connectivity index (χ4v) is 2.46. The van der Waals surface area contributed by atoms with Gasteiger partial charge in [0.25, 0.3) is 0 Å². The molecule has 1 aliphatic heterocycles. The summed E-state index contributed by atoms with van der Waals surface area (Å²) in [5.74, 6) is 1.44. The molecule has 18 heavy (non-hydrogen) atoms. The maximum absolute atomic E-state index is 11.7. The van der Waals surface area contributed by atoms with Gasteiger partial charge in [-0.1, -0.05) is 0 Å². The maximum Gasteiger partial charge on any atom is 0.227 e. The van der Waals surface area contributed by atoms with Crippen LogP contribution < -0.4 is 16.0 Å². The van der Waals surface area contributed by atoms with Crippen LogP contribution in [0.3, 0.4) is 0 Å². The molecule has 0 unspecified atom stereocenters. The molecular formula is C13H20N4O. The average Bonchev–Trinajstić information content (AvgIpc) is 3.10. The SMILES string of the molecule is N[C@@H]1CCCN(c2cc(NC(=O)C3CC3)c[nH]2)C1. The van der Waals surface area contributed by atoms with Crippen LogP contribution in [-0.2, 0) is 4.79 Å². The van der Waals surface area contributed by atoms with Crippen LogP contribution in [0.4, 0.5) is 11.5 Å². The largest absolute Gasteiger partial charge is 0.357 e.